The van der Waals surface area contributed by atoms with Gasteiger partial charge in [-0.2, -0.15) is 0 Å². The lowest BCUT2D eigenvalue weighted by atomic mass is 9.98. The molecular formula is C15H15N3O2S. The van der Waals surface area contributed by atoms with Crippen LogP contribution in [0.15, 0.2) is 41.0 Å². The Morgan fingerprint density at radius 2 is 2.29 bits per heavy atom. The van der Waals surface area contributed by atoms with E-state index in [1.165, 1.54) is 0 Å². The number of amides is 1. The van der Waals surface area contributed by atoms with Crippen LogP contribution in [0.4, 0.5) is 5.69 Å². The molecule has 2 aromatic rings. The zero-order valence-corrected chi connectivity index (χ0v) is 12.6. The molecule has 0 aliphatic carbocycles. The molecule has 1 aliphatic rings. The highest BCUT2D eigenvalue weighted by molar-refractivity contribution is 7.12. The minimum atomic E-state index is -0.985. The van der Waals surface area contributed by atoms with Gasteiger partial charge in [0.25, 0.3) is 5.91 Å². The predicted octanol–water partition coefficient (Wildman–Crippen LogP) is 2.97. The molecule has 6 heteroatoms. The smallest absolute Gasteiger partial charge is 0.271 e. The molecule has 5 nitrogen and oxygen atoms in total. The molecule has 108 valence electrons. The Balaban J connectivity index is 1.73. The number of rotatable bonds is 3. The van der Waals surface area contributed by atoms with Crippen LogP contribution in [0.1, 0.15) is 23.9 Å². The summed E-state index contributed by atoms with van der Waals surface area (Å²) in [5.41, 5.74) is 1.29. The normalized spacial score (nSPS) is 20.8. The number of hydrogen-bond acceptors (Lipinski definition) is 5. The lowest BCUT2D eigenvalue weighted by Crippen LogP contribution is -2.40. The van der Waals surface area contributed by atoms with E-state index in [1.54, 1.807) is 30.5 Å². The minimum Gasteiger partial charge on any atom is -0.379 e. The number of pyridine rings is 1. The molecule has 0 unspecified atom stereocenters. The summed E-state index contributed by atoms with van der Waals surface area (Å²) >= 11 is 1.59. The molecule has 3 heterocycles. The van der Waals surface area contributed by atoms with Crippen LogP contribution < -0.4 is 5.32 Å². The second kappa shape index (κ2) is 5.29. The number of nitrogens with zero attached hydrogens (tertiary/aromatic N) is 2. The van der Waals surface area contributed by atoms with Gasteiger partial charge in [-0.15, -0.1) is 11.3 Å². The third-order valence-corrected chi connectivity index (χ3v) is 4.32. The zero-order chi connectivity index (χ0) is 14.9. The van der Waals surface area contributed by atoms with Crippen LogP contribution in [0.2, 0.25) is 0 Å². The van der Waals surface area contributed by atoms with Gasteiger partial charge in [0, 0.05) is 12.6 Å². The van der Waals surface area contributed by atoms with Crippen molar-refractivity contribution in [2.24, 2.45) is 5.16 Å². The van der Waals surface area contributed by atoms with Crippen molar-refractivity contribution < 1.29 is 9.63 Å². The number of oxime groups is 1. The molecule has 0 fully saturated rings. The van der Waals surface area contributed by atoms with Crippen LogP contribution in [0.3, 0.4) is 0 Å². The average Bonchev–Trinajstić information content (AvgIpc) is 3.11. The number of anilines is 1. The third kappa shape index (κ3) is 2.67. The van der Waals surface area contributed by atoms with Crippen molar-refractivity contribution in [3.63, 3.8) is 0 Å². The highest BCUT2D eigenvalue weighted by atomic mass is 32.1. The van der Waals surface area contributed by atoms with Crippen molar-refractivity contribution in [1.29, 1.82) is 0 Å². The minimum absolute atomic E-state index is 0.214. The summed E-state index contributed by atoms with van der Waals surface area (Å²) in [6.45, 7) is 3.60. The van der Waals surface area contributed by atoms with Gasteiger partial charge in [0.05, 0.1) is 16.3 Å². The van der Waals surface area contributed by atoms with E-state index in [4.69, 9.17) is 4.84 Å². The van der Waals surface area contributed by atoms with Crippen molar-refractivity contribution in [3.8, 4) is 0 Å². The second-order valence-corrected chi connectivity index (χ2v) is 6.05. The van der Waals surface area contributed by atoms with Crippen molar-refractivity contribution in [2.75, 3.05) is 5.32 Å². The summed E-state index contributed by atoms with van der Waals surface area (Å²) in [7, 11) is 0. The van der Waals surface area contributed by atoms with E-state index in [0.29, 0.717) is 12.1 Å². The SMILES string of the molecule is Cc1ncccc1NC(=O)[C@]1(C)CC(c2cccs2)=NO1. The van der Waals surface area contributed by atoms with Gasteiger partial charge < -0.3 is 10.2 Å². The van der Waals surface area contributed by atoms with Gasteiger partial charge in [0.15, 0.2) is 0 Å². The molecule has 0 saturated heterocycles. The Labute approximate surface area is 126 Å². The summed E-state index contributed by atoms with van der Waals surface area (Å²) in [5, 5.41) is 8.91. The molecule has 0 spiro atoms. The van der Waals surface area contributed by atoms with Gasteiger partial charge in [-0.3, -0.25) is 9.78 Å². The van der Waals surface area contributed by atoms with Crippen LogP contribution in [0.5, 0.6) is 0 Å². The summed E-state index contributed by atoms with van der Waals surface area (Å²) in [6, 6.07) is 7.53. The average molecular weight is 301 g/mol. The van der Waals surface area contributed by atoms with Crippen LogP contribution in [0, 0.1) is 6.92 Å². The summed E-state index contributed by atoms with van der Waals surface area (Å²) < 4.78 is 0. The van der Waals surface area contributed by atoms with Gasteiger partial charge in [-0.1, -0.05) is 11.2 Å². The standard InChI is InChI=1S/C15H15N3O2S/c1-10-11(5-3-7-16-10)17-14(19)15(2)9-12(18-20-15)13-6-4-8-21-13/h3-8H,9H2,1-2H3,(H,17,19)/t15-/m0/s1. The fourth-order valence-electron chi connectivity index (χ4n) is 2.11. The van der Waals surface area contributed by atoms with E-state index in [9.17, 15) is 4.79 Å². The third-order valence-electron chi connectivity index (χ3n) is 3.40. The number of hydrogen-bond donors (Lipinski definition) is 1. The first-order valence-electron chi connectivity index (χ1n) is 6.60. The Hall–Kier alpha value is -2.21. The highest BCUT2D eigenvalue weighted by Gasteiger charge is 2.42. The van der Waals surface area contributed by atoms with Gasteiger partial charge in [0.2, 0.25) is 5.60 Å². The van der Waals surface area contributed by atoms with Crippen LogP contribution in [-0.2, 0) is 9.63 Å². The monoisotopic (exact) mass is 301 g/mol. The van der Waals surface area contributed by atoms with Gasteiger partial charge in [0.1, 0.15) is 5.71 Å². The Morgan fingerprint density at radius 3 is 3.00 bits per heavy atom. The quantitative estimate of drug-likeness (QED) is 0.948. The number of thiophene rings is 1. The molecule has 0 aromatic carbocycles. The molecule has 1 N–H and O–H groups in total. The molecule has 1 atom stereocenters. The number of carbonyl (C=O) groups is 1. The first-order chi connectivity index (χ1) is 10.1. The lowest BCUT2D eigenvalue weighted by Gasteiger charge is -2.20. The number of aryl methyl sites for hydroxylation is 1. The van der Waals surface area contributed by atoms with Crippen LogP contribution in [0.25, 0.3) is 0 Å². The molecule has 3 rings (SSSR count). The maximum absolute atomic E-state index is 12.5. The number of carbonyl (C=O) groups excluding carboxylic acids is 1. The van der Waals surface area contributed by atoms with Crippen molar-refractivity contribution >= 4 is 28.6 Å². The second-order valence-electron chi connectivity index (χ2n) is 5.10. The Morgan fingerprint density at radius 1 is 1.43 bits per heavy atom. The highest BCUT2D eigenvalue weighted by Crippen LogP contribution is 2.29. The molecule has 2 aromatic heterocycles. The largest absolute Gasteiger partial charge is 0.379 e. The van der Waals surface area contributed by atoms with Crippen LogP contribution in [-0.4, -0.2) is 22.2 Å². The molecule has 0 saturated carbocycles. The molecule has 1 amide bonds. The van der Waals surface area contributed by atoms with E-state index in [2.05, 4.69) is 15.5 Å². The lowest BCUT2D eigenvalue weighted by molar-refractivity contribution is -0.135. The maximum Gasteiger partial charge on any atom is 0.271 e. The number of nitrogens with one attached hydrogen (secondary N) is 1. The van der Waals surface area contributed by atoms with Gasteiger partial charge >= 0.3 is 0 Å². The fraction of sp³-hybridized carbons (Fsp3) is 0.267. The van der Waals surface area contributed by atoms with Gasteiger partial charge in [-0.25, -0.2) is 0 Å². The van der Waals surface area contributed by atoms with Crippen molar-refractivity contribution in [3.05, 3.63) is 46.4 Å². The van der Waals surface area contributed by atoms with Crippen molar-refractivity contribution in [1.82, 2.24) is 4.98 Å². The maximum atomic E-state index is 12.5. The number of aromatic nitrogens is 1. The van der Waals surface area contributed by atoms with E-state index in [0.717, 1.165) is 16.3 Å². The first kappa shape index (κ1) is 13.8. The molecule has 21 heavy (non-hydrogen) atoms. The van der Waals surface area contributed by atoms with Crippen molar-refractivity contribution in [2.45, 2.75) is 25.9 Å². The van der Waals surface area contributed by atoms with E-state index < -0.39 is 5.60 Å². The summed E-state index contributed by atoms with van der Waals surface area (Å²) in [6.07, 6.45) is 2.15. The Bertz CT molecular complexity index is 697. The molecule has 0 bridgehead atoms. The van der Waals surface area contributed by atoms with Crippen LogP contribution >= 0.6 is 11.3 Å². The molecule has 1 aliphatic heterocycles. The van der Waals surface area contributed by atoms with E-state index in [-0.39, 0.29) is 5.91 Å². The van der Waals surface area contributed by atoms with E-state index in [1.807, 2.05) is 30.5 Å². The molecular weight excluding hydrogens is 286 g/mol. The summed E-state index contributed by atoms with van der Waals surface area (Å²) in [5.74, 6) is -0.214. The van der Waals surface area contributed by atoms with E-state index >= 15 is 0 Å². The predicted molar refractivity (Wildman–Crippen MR) is 82.6 cm³/mol. The first-order valence-corrected chi connectivity index (χ1v) is 7.48. The topological polar surface area (TPSA) is 63.6 Å². The Kier molecular flexibility index (Phi) is 3.47. The fourth-order valence-corrected chi connectivity index (χ4v) is 2.81. The zero-order valence-electron chi connectivity index (χ0n) is 11.8. The van der Waals surface area contributed by atoms with Gasteiger partial charge in [-0.05, 0) is 37.4 Å². The molecule has 0 radical (unpaired) electrons. The summed E-state index contributed by atoms with van der Waals surface area (Å²) in [4.78, 5) is 23.1.